The van der Waals surface area contributed by atoms with Crippen molar-refractivity contribution in [3.63, 3.8) is 0 Å². The van der Waals surface area contributed by atoms with Crippen molar-refractivity contribution in [1.82, 2.24) is 14.8 Å². The van der Waals surface area contributed by atoms with Gasteiger partial charge >= 0.3 is 0 Å². The summed E-state index contributed by atoms with van der Waals surface area (Å²) in [5.74, 6) is 1.77. The highest BCUT2D eigenvalue weighted by atomic mass is 35.5. The predicted octanol–water partition coefficient (Wildman–Crippen LogP) is 5.45. The number of halogens is 1. The van der Waals surface area contributed by atoms with Crippen molar-refractivity contribution in [2.24, 2.45) is 0 Å². The summed E-state index contributed by atoms with van der Waals surface area (Å²) >= 11 is 8.98. The molecule has 3 aromatic rings. The minimum atomic E-state index is -0.0830. The minimum Gasteiger partial charge on any atom is -0.324 e. The Morgan fingerprint density at radius 3 is 2.69 bits per heavy atom. The zero-order valence-electron chi connectivity index (χ0n) is 16.0. The average molecular weight is 445 g/mol. The van der Waals surface area contributed by atoms with E-state index in [4.69, 9.17) is 11.6 Å². The Kier molecular flexibility index (Phi) is 7.80. The molecule has 0 spiro atoms. The molecule has 0 bridgehead atoms. The Morgan fingerprint density at radius 2 is 1.93 bits per heavy atom. The molecule has 0 fully saturated rings. The highest BCUT2D eigenvalue weighted by Gasteiger charge is 2.12. The van der Waals surface area contributed by atoms with Gasteiger partial charge in [0.25, 0.3) is 0 Å². The van der Waals surface area contributed by atoms with Gasteiger partial charge in [0.05, 0.1) is 11.4 Å². The van der Waals surface area contributed by atoms with Crippen molar-refractivity contribution in [2.75, 3.05) is 11.1 Å². The van der Waals surface area contributed by atoms with Crippen molar-refractivity contribution in [1.29, 1.82) is 0 Å². The molecule has 2 aromatic carbocycles. The van der Waals surface area contributed by atoms with Gasteiger partial charge in [0, 0.05) is 22.2 Å². The first-order valence-electron chi connectivity index (χ1n) is 8.96. The maximum atomic E-state index is 12.5. The molecule has 0 aliphatic rings. The number of carbonyl (C=O) groups is 1. The first kappa shape index (κ1) is 21.5. The van der Waals surface area contributed by atoms with Gasteiger partial charge in [-0.05, 0) is 36.8 Å². The zero-order chi connectivity index (χ0) is 20.6. The van der Waals surface area contributed by atoms with Crippen LogP contribution in [0.15, 0.2) is 71.2 Å². The number of para-hydroxylation sites is 1. The molecule has 1 amide bonds. The van der Waals surface area contributed by atoms with E-state index in [1.807, 2.05) is 60.0 Å². The Balaban J connectivity index is 1.59. The molecule has 0 saturated heterocycles. The molecule has 0 saturated carbocycles. The second-order valence-corrected chi connectivity index (χ2v) is 8.57. The van der Waals surface area contributed by atoms with Crippen molar-refractivity contribution in [2.45, 2.75) is 29.3 Å². The van der Waals surface area contributed by atoms with E-state index in [9.17, 15) is 4.79 Å². The summed E-state index contributed by atoms with van der Waals surface area (Å²) in [4.78, 5) is 13.5. The summed E-state index contributed by atoms with van der Waals surface area (Å²) in [6.45, 7) is 6.25. The lowest BCUT2D eigenvalue weighted by Gasteiger charge is -2.11. The van der Waals surface area contributed by atoms with Crippen LogP contribution in [0.2, 0.25) is 5.02 Å². The number of allylic oxidation sites excluding steroid dienone is 1. The quantitative estimate of drug-likeness (QED) is 0.351. The van der Waals surface area contributed by atoms with Crippen LogP contribution in [0.4, 0.5) is 5.69 Å². The van der Waals surface area contributed by atoms with Gasteiger partial charge in [-0.15, -0.1) is 28.5 Å². The summed E-state index contributed by atoms with van der Waals surface area (Å²) in [6.07, 6.45) is 1.79. The fourth-order valence-electron chi connectivity index (χ4n) is 2.56. The number of aromatic nitrogens is 3. The van der Waals surface area contributed by atoms with Crippen LogP contribution < -0.4 is 5.32 Å². The van der Waals surface area contributed by atoms with Gasteiger partial charge in [0.1, 0.15) is 5.82 Å². The number of carbonyl (C=O) groups excluding carboxylic acids is 1. The van der Waals surface area contributed by atoms with E-state index in [-0.39, 0.29) is 11.7 Å². The van der Waals surface area contributed by atoms with Gasteiger partial charge in [0.2, 0.25) is 5.91 Å². The third-order valence-corrected chi connectivity index (χ3v) is 6.38. The minimum absolute atomic E-state index is 0.0830. The molecule has 0 unspecified atom stereocenters. The van der Waals surface area contributed by atoms with Crippen LogP contribution in [-0.4, -0.2) is 26.4 Å². The number of thioether (sulfide) groups is 2. The topological polar surface area (TPSA) is 59.8 Å². The molecule has 1 heterocycles. The largest absolute Gasteiger partial charge is 0.324 e. The fraction of sp³-hybridized carbons (Fsp3) is 0.190. The lowest BCUT2D eigenvalue weighted by atomic mass is 10.2. The number of amides is 1. The Morgan fingerprint density at radius 1 is 1.17 bits per heavy atom. The normalized spacial score (nSPS) is 10.7. The van der Waals surface area contributed by atoms with Crippen molar-refractivity contribution < 1.29 is 4.79 Å². The maximum Gasteiger partial charge on any atom is 0.234 e. The number of benzene rings is 2. The van der Waals surface area contributed by atoms with E-state index in [2.05, 4.69) is 22.1 Å². The Bertz CT molecular complexity index is 989. The van der Waals surface area contributed by atoms with Crippen molar-refractivity contribution in [3.05, 3.63) is 77.6 Å². The number of anilines is 1. The monoisotopic (exact) mass is 444 g/mol. The fourth-order valence-corrected chi connectivity index (χ4v) is 4.44. The molecule has 150 valence electrons. The molecule has 0 atom stereocenters. The molecule has 1 N–H and O–H groups in total. The molecule has 3 rings (SSSR count). The van der Waals surface area contributed by atoms with Crippen LogP contribution in [-0.2, 0) is 17.1 Å². The van der Waals surface area contributed by atoms with E-state index < -0.39 is 0 Å². The van der Waals surface area contributed by atoms with Crippen LogP contribution in [0.1, 0.15) is 11.4 Å². The second-order valence-electron chi connectivity index (χ2n) is 6.18. The molecule has 29 heavy (non-hydrogen) atoms. The number of aryl methyl sites for hydroxylation is 1. The van der Waals surface area contributed by atoms with Gasteiger partial charge < -0.3 is 9.88 Å². The SMILES string of the molecule is C=CCn1c(C)nnc1SCC(=O)Nc1ccccc1SCc1ccc(Cl)cc1. The third-order valence-electron chi connectivity index (χ3n) is 4.01. The van der Waals surface area contributed by atoms with Gasteiger partial charge in [-0.1, -0.05) is 53.7 Å². The maximum absolute atomic E-state index is 12.5. The van der Waals surface area contributed by atoms with Crippen LogP contribution in [0.25, 0.3) is 0 Å². The third kappa shape index (κ3) is 6.13. The van der Waals surface area contributed by atoms with Gasteiger partial charge in [-0.2, -0.15) is 0 Å². The lowest BCUT2D eigenvalue weighted by Crippen LogP contribution is -2.15. The highest BCUT2D eigenvalue weighted by molar-refractivity contribution is 7.99. The van der Waals surface area contributed by atoms with Crippen LogP contribution in [0, 0.1) is 6.92 Å². The lowest BCUT2D eigenvalue weighted by molar-refractivity contribution is -0.113. The summed E-state index contributed by atoms with van der Waals surface area (Å²) in [5.41, 5.74) is 1.98. The van der Waals surface area contributed by atoms with Crippen LogP contribution in [0.3, 0.4) is 0 Å². The number of hydrogen-bond acceptors (Lipinski definition) is 5. The Labute approximate surface area is 183 Å². The molecule has 5 nitrogen and oxygen atoms in total. The molecule has 0 radical (unpaired) electrons. The Hall–Kier alpha value is -2.22. The average Bonchev–Trinajstić information content (AvgIpc) is 3.07. The van der Waals surface area contributed by atoms with Crippen molar-refractivity contribution >= 4 is 46.7 Å². The van der Waals surface area contributed by atoms with Crippen LogP contribution in [0.5, 0.6) is 0 Å². The molecule has 8 heteroatoms. The first-order valence-corrected chi connectivity index (χ1v) is 11.3. The van der Waals surface area contributed by atoms with Gasteiger partial charge in [0.15, 0.2) is 5.16 Å². The van der Waals surface area contributed by atoms with E-state index >= 15 is 0 Å². The number of rotatable bonds is 9. The van der Waals surface area contributed by atoms with E-state index in [0.717, 1.165) is 27.2 Å². The standard InChI is InChI=1S/C21H21ClN4OS2/c1-3-12-26-15(2)24-25-21(26)29-14-20(27)23-18-6-4-5-7-19(18)28-13-16-8-10-17(22)11-9-16/h3-11H,1,12-14H2,2H3,(H,23,27). The smallest absolute Gasteiger partial charge is 0.234 e. The van der Waals surface area contributed by atoms with Crippen LogP contribution >= 0.6 is 35.1 Å². The van der Waals surface area contributed by atoms with Crippen molar-refractivity contribution in [3.8, 4) is 0 Å². The molecule has 1 aromatic heterocycles. The molecular formula is C21H21ClN4OS2. The summed E-state index contributed by atoms with van der Waals surface area (Å²) in [7, 11) is 0. The van der Waals surface area contributed by atoms with E-state index in [1.165, 1.54) is 17.3 Å². The summed E-state index contributed by atoms with van der Waals surface area (Å²) in [6, 6.07) is 15.6. The first-order chi connectivity index (χ1) is 14.1. The second kappa shape index (κ2) is 10.5. The van der Waals surface area contributed by atoms with E-state index in [1.54, 1.807) is 17.8 Å². The summed E-state index contributed by atoms with van der Waals surface area (Å²) in [5, 5.41) is 12.6. The number of nitrogens with one attached hydrogen (secondary N) is 1. The molecular weight excluding hydrogens is 424 g/mol. The van der Waals surface area contributed by atoms with Gasteiger partial charge in [-0.3, -0.25) is 4.79 Å². The zero-order valence-corrected chi connectivity index (χ0v) is 18.4. The number of nitrogens with zero attached hydrogens (tertiary/aromatic N) is 3. The highest BCUT2D eigenvalue weighted by Crippen LogP contribution is 2.30. The van der Waals surface area contributed by atoms with E-state index in [0.29, 0.717) is 11.7 Å². The number of hydrogen-bond donors (Lipinski definition) is 1. The molecule has 0 aliphatic carbocycles. The summed E-state index contributed by atoms with van der Waals surface area (Å²) < 4.78 is 1.93. The predicted molar refractivity (Wildman–Crippen MR) is 122 cm³/mol. The van der Waals surface area contributed by atoms with Gasteiger partial charge in [-0.25, -0.2) is 0 Å². The molecule has 0 aliphatic heterocycles.